The zero-order chi connectivity index (χ0) is 8.43. The van der Waals surface area contributed by atoms with Crippen LogP contribution < -0.4 is 0 Å². The highest BCUT2D eigenvalue weighted by Gasteiger charge is 2.10. The van der Waals surface area contributed by atoms with Gasteiger partial charge in [-0.1, -0.05) is 13.8 Å². The second kappa shape index (κ2) is 3.22. The second-order valence-corrected chi connectivity index (χ2v) is 3.59. The van der Waals surface area contributed by atoms with Gasteiger partial charge in [0.2, 0.25) is 0 Å². The summed E-state index contributed by atoms with van der Waals surface area (Å²) in [6, 6.07) is 3.61. The average molecular weight is 216 g/mol. The zero-order valence-corrected chi connectivity index (χ0v) is 8.10. The monoisotopic (exact) mass is 215 g/mol. The predicted molar refractivity (Wildman–Crippen MR) is 47.7 cm³/mol. The van der Waals surface area contributed by atoms with Gasteiger partial charge in [0.05, 0.1) is 10.3 Å². The molecule has 0 bridgehead atoms. The Morgan fingerprint density at radius 3 is 2.55 bits per heavy atom. The van der Waals surface area contributed by atoms with Gasteiger partial charge in [-0.05, 0) is 28.1 Å². The summed E-state index contributed by atoms with van der Waals surface area (Å²) in [5.41, 5.74) is 0.673. The third-order valence-corrected chi connectivity index (χ3v) is 1.90. The number of H-pyrrole nitrogens is 1. The molecular weight excluding hydrogens is 206 g/mol. The van der Waals surface area contributed by atoms with E-state index in [9.17, 15) is 4.79 Å². The number of hydrogen-bond donors (Lipinski definition) is 1. The van der Waals surface area contributed by atoms with E-state index in [4.69, 9.17) is 0 Å². The molecule has 1 N–H and O–H groups in total. The van der Waals surface area contributed by atoms with E-state index in [1.54, 1.807) is 6.07 Å². The largest absolute Gasteiger partial charge is 0.347 e. The molecule has 1 rings (SSSR count). The van der Waals surface area contributed by atoms with E-state index < -0.39 is 0 Å². The summed E-state index contributed by atoms with van der Waals surface area (Å²) in [7, 11) is 0. The summed E-state index contributed by atoms with van der Waals surface area (Å²) in [6.45, 7) is 3.77. The summed E-state index contributed by atoms with van der Waals surface area (Å²) in [5.74, 6) is 0.205. The highest BCUT2D eigenvalue weighted by Crippen LogP contribution is 2.12. The number of hydrogen-bond acceptors (Lipinski definition) is 1. The van der Waals surface area contributed by atoms with Gasteiger partial charge in [-0.25, -0.2) is 0 Å². The summed E-state index contributed by atoms with van der Waals surface area (Å²) in [6.07, 6.45) is 0. The minimum Gasteiger partial charge on any atom is -0.347 e. The van der Waals surface area contributed by atoms with Crippen LogP contribution in [0.5, 0.6) is 0 Å². The number of carbonyl (C=O) groups is 1. The van der Waals surface area contributed by atoms with Crippen LogP contribution in [0.3, 0.4) is 0 Å². The Kier molecular flexibility index (Phi) is 2.49. The molecule has 0 aromatic carbocycles. The molecule has 0 amide bonds. The van der Waals surface area contributed by atoms with E-state index in [0.29, 0.717) is 5.69 Å². The standard InChI is InChI=1S/C8H10BrNO/c1-5(2)8(11)6-3-4-7(9)10-6/h3-5,10H,1-2H3. The number of carbonyl (C=O) groups excluding carboxylic acids is 1. The topological polar surface area (TPSA) is 32.9 Å². The highest BCUT2D eigenvalue weighted by molar-refractivity contribution is 9.10. The summed E-state index contributed by atoms with van der Waals surface area (Å²) >= 11 is 3.24. The Morgan fingerprint density at radius 2 is 2.18 bits per heavy atom. The van der Waals surface area contributed by atoms with Crippen LogP contribution in [-0.2, 0) is 0 Å². The second-order valence-electron chi connectivity index (χ2n) is 2.74. The first kappa shape index (κ1) is 8.53. The third-order valence-electron chi connectivity index (χ3n) is 1.44. The van der Waals surface area contributed by atoms with E-state index >= 15 is 0 Å². The molecule has 2 nitrogen and oxygen atoms in total. The fraction of sp³-hybridized carbons (Fsp3) is 0.375. The molecule has 0 unspecified atom stereocenters. The van der Waals surface area contributed by atoms with Crippen molar-refractivity contribution in [3.8, 4) is 0 Å². The average Bonchev–Trinajstić information content (AvgIpc) is 2.34. The fourth-order valence-electron chi connectivity index (χ4n) is 0.823. The van der Waals surface area contributed by atoms with Crippen molar-refractivity contribution in [2.75, 3.05) is 0 Å². The molecule has 0 aliphatic carbocycles. The van der Waals surface area contributed by atoms with Crippen molar-refractivity contribution in [2.24, 2.45) is 5.92 Å². The van der Waals surface area contributed by atoms with E-state index in [1.165, 1.54) is 0 Å². The van der Waals surface area contributed by atoms with E-state index in [0.717, 1.165) is 4.60 Å². The summed E-state index contributed by atoms with van der Waals surface area (Å²) < 4.78 is 0.849. The minimum atomic E-state index is 0.0561. The Bertz CT molecular complexity index is 265. The molecule has 0 atom stereocenters. The number of halogens is 1. The summed E-state index contributed by atoms with van der Waals surface area (Å²) in [5, 5.41) is 0. The van der Waals surface area contributed by atoms with Crippen LogP contribution >= 0.6 is 15.9 Å². The van der Waals surface area contributed by atoms with Crippen LogP contribution in [0.4, 0.5) is 0 Å². The molecule has 0 spiro atoms. The molecule has 0 aliphatic heterocycles. The highest BCUT2D eigenvalue weighted by atomic mass is 79.9. The molecule has 11 heavy (non-hydrogen) atoms. The van der Waals surface area contributed by atoms with E-state index in [2.05, 4.69) is 20.9 Å². The van der Waals surface area contributed by atoms with Crippen LogP contribution in [0.25, 0.3) is 0 Å². The number of rotatable bonds is 2. The van der Waals surface area contributed by atoms with Gasteiger partial charge < -0.3 is 4.98 Å². The minimum absolute atomic E-state index is 0.0561. The Hall–Kier alpha value is -0.570. The van der Waals surface area contributed by atoms with Crippen molar-refractivity contribution in [1.29, 1.82) is 0 Å². The van der Waals surface area contributed by atoms with Crippen molar-refractivity contribution >= 4 is 21.7 Å². The maximum Gasteiger partial charge on any atom is 0.181 e. The quantitative estimate of drug-likeness (QED) is 0.757. The first-order valence-electron chi connectivity index (χ1n) is 3.50. The number of Topliss-reactive ketones (excluding diaryl/α,β-unsaturated/α-hetero) is 1. The van der Waals surface area contributed by atoms with Crippen LogP contribution in [0, 0.1) is 5.92 Å². The molecular formula is C8H10BrNO. The lowest BCUT2D eigenvalue weighted by molar-refractivity contribution is 0.0935. The van der Waals surface area contributed by atoms with Crippen molar-refractivity contribution in [3.63, 3.8) is 0 Å². The van der Waals surface area contributed by atoms with Crippen LogP contribution in [0.15, 0.2) is 16.7 Å². The molecule has 3 heteroatoms. The zero-order valence-electron chi connectivity index (χ0n) is 6.52. The Morgan fingerprint density at radius 1 is 1.55 bits per heavy atom. The number of aromatic nitrogens is 1. The van der Waals surface area contributed by atoms with Gasteiger partial charge in [0, 0.05) is 5.92 Å². The molecule has 0 aliphatic rings. The van der Waals surface area contributed by atoms with Crippen molar-refractivity contribution in [3.05, 3.63) is 22.4 Å². The summed E-state index contributed by atoms with van der Waals surface area (Å²) in [4.78, 5) is 14.2. The maximum atomic E-state index is 11.3. The maximum absolute atomic E-state index is 11.3. The van der Waals surface area contributed by atoms with Crippen molar-refractivity contribution in [2.45, 2.75) is 13.8 Å². The molecule has 0 fully saturated rings. The van der Waals surface area contributed by atoms with E-state index in [1.807, 2.05) is 19.9 Å². The van der Waals surface area contributed by atoms with Gasteiger partial charge in [-0.2, -0.15) is 0 Å². The normalized spacial score (nSPS) is 10.5. The predicted octanol–water partition coefficient (Wildman–Crippen LogP) is 2.62. The van der Waals surface area contributed by atoms with Gasteiger partial charge in [0.25, 0.3) is 0 Å². The SMILES string of the molecule is CC(C)C(=O)c1ccc(Br)[nH]1. The van der Waals surface area contributed by atoms with Crippen molar-refractivity contribution < 1.29 is 4.79 Å². The van der Waals surface area contributed by atoms with Gasteiger partial charge in [-0.3, -0.25) is 4.79 Å². The lowest BCUT2D eigenvalue weighted by Crippen LogP contribution is -2.07. The van der Waals surface area contributed by atoms with Gasteiger partial charge in [-0.15, -0.1) is 0 Å². The lowest BCUT2D eigenvalue weighted by atomic mass is 10.1. The Balaban J connectivity index is 2.85. The lowest BCUT2D eigenvalue weighted by Gasteiger charge is -1.99. The third kappa shape index (κ3) is 1.93. The molecule has 60 valence electrons. The van der Waals surface area contributed by atoms with Gasteiger partial charge in [0.1, 0.15) is 0 Å². The van der Waals surface area contributed by atoms with Crippen LogP contribution in [0.2, 0.25) is 0 Å². The smallest absolute Gasteiger partial charge is 0.181 e. The number of nitrogens with one attached hydrogen (secondary N) is 1. The molecule has 1 heterocycles. The fourth-order valence-corrected chi connectivity index (χ4v) is 1.17. The van der Waals surface area contributed by atoms with Crippen molar-refractivity contribution in [1.82, 2.24) is 4.98 Å². The first-order valence-corrected chi connectivity index (χ1v) is 4.29. The first-order chi connectivity index (χ1) is 5.11. The Labute approximate surface area is 74.1 Å². The van der Waals surface area contributed by atoms with Crippen LogP contribution in [-0.4, -0.2) is 10.8 Å². The van der Waals surface area contributed by atoms with Crippen LogP contribution in [0.1, 0.15) is 24.3 Å². The van der Waals surface area contributed by atoms with Gasteiger partial charge >= 0.3 is 0 Å². The molecule has 0 radical (unpaired) electrons. The number of aromatic amines is 1. The molecule has 0 saturated heterocycles. The molecule has 1 aromatic heterocycles. The molecule has 0 saturated carbocycles. The number of ketones is 1. The molecule has 1 aromatic rings. The van der Waals surface area contributed by atoms with Gasteiger partial charge in [0.15, 0.2) is 5.78 Å². The van der Waals surface area contributed by atoms with E-state index in [-0.39, 0.29) is 11.7 Å².